The highest BCUT2D eigenvalue weighted by Gasteiger charge is 2.36. The molecule has 178 valence electrons. The summed E-state index contributed by atoms with van der Waals surface area (Å²) in [5.41, 5.74) is 10.2. The van der Waals surface area contributed by atoms with Crippen LogP contribution in [0.15, 0.2) is 60.7 Å². The minimum Gasteiger partial charge on any atom is -0.493 e. The van der Waals surface area contributed by atoms with Gasteiger partial charge in [0.05, 0.1) is 24.3 Å². The zero-order valence-electron chi connectivity index (χ0n) is 19.3. The fraction of sp³-hybridized carbons (Fsp3) is 0.296. The maximum Gasteiger partial charge on any atom is 0.239 e. The molecule has 0 saturated carbocycles. The van der Waals surface area contributed by atoms with Crippen molar-refractivity contribution in [2.45, 2.75) is 31.3 Å². The molecular weight excluding hydrogens is 471 g/mol. The summed E-state index contributed by atoms with van der Waals surface area (Å²) in [4.78, 5) is 15.0. The van der Waals surface area contributed by atoms with Crippen molar-refractivity contribution < 1.29 is 14.3 Å². The maximum atomic E-state index is 12.7. The van der Waals surface area contributed by atoms with Gasteiger partial charge in [-0.05, 0) is 65.8 Å². The van der Waals surface area contributed by atoms with Crippen molar-refractivity contribution in [1.82, 2.24) is 4.90 Å². The van der Waals surface area contributed by atoms with Crippen LogP contribution < -0.4 is 15.2 Å². The molecule has 5 nitrogen and oxygen atoms in total. The summed E-state index contributed by atoms with van der Waals surface area (Å²) < 4.78 is 11.1. The molecule has 0 aromatic heterocycles. The van der Waals surface area contributed by atoms with Crippen LogP contribution in [0.1, 0.15) is 40.8 Å². The summed E-state index contributed by atoms with van der Waals surface area (Å²) in [6.45, 7) is 0.691. The number of carbonyl (C=O) groups excluding carboxylic acids is 1. The van der Waals surface area contributed by atoms with Crippen molar-refractivity contribution in [2.24, 2.45) is 5.73 Å². The van der Waals surface area contributed by atoms with E-state index < -0.39 is 6.04 Å². The fourth-order valence-electron chi connectivity index (χ4n) is 4.83. The van der Waals surface area contributed by atoms with Crippen LogP contribution >= 0.6 is 23.2 Å². The Kier molecular flexibility index (Phi) is 7.67. The highest BCUT2D eigenvalue weighted by atomic mass is 35.5. The number of halogens is 2. The summed E-state index contributed by atoms with van der Waals surface area (Å²) in [7, 11) is 3.27. The average Bonchev–Trinajstić information content (AvgIpc) is 2.84. The minimum atomic E-state index is -0.541. The average molecular weight is 499 g/mol. The van der Waals surface area contributed by atoms with E-state index in [2.05, 4.69) is 4.90 Å². The molecule has 1 aliphatic rings. The molecule has 3 aromatic carbocycles. The van der Waals surface area contributed by atoms with E-state index in [1.165, 1.54) is 5.56 Å². The highest BCUT2D eigenvalue weighted by molar-refractivity contribution is 6.42. The van der Waals surface area contributed by atoms with Gasteiger partial charge in [-0.25, -0.2) is 0 Å². The number of hydrogen-bond acceptors (Lipinski definition) is 4. The Morgan fingerprint density at radius 1 is 1.03 bits per heavy atom. The molecule has 1 amide bonds. The SMILES string of the molecule is COc1cc2c(cc1OC)C(CCc1ccc(Cl)c(Cl)c1)N(C(C(N)=O)c1ccccc1)CC2. The largest absolute Gasteiger partial charge is 0.493 e. The summed E-state index contributed by atoms with van der Waals surface area (Å²) in [6, 6.07) is 18.9. The van der Waals surface area contributed by atoms with Gasteiger partial charge in [0, 0.05) is 12.6 Å². The van der Waals surface area contributed by atoms with Crippen LogP contribution in [-0.4, -0.2) is 31.6 Å². The topological polar surface area (TPSA) is 64.8 Å². The zero-order valence-corrected chi connectivity index (χ0v) is 20.8. The summed E-state index contributed by atoms with van der Waals surface area (Å²) >= 11 is 12.4. The number of aryl methyl sites for hydroxylation is 1. The molecular formula is C27H28Cl2N2O3. The van der Waals surface area contributed by atoms with Gasteiger partial charge in [0.15, 0.2) is 11.5 Å². The van der Waals surface area contributed by atoms with Crippen LogP contribution in [0.2, 0.25) is 10.0 Å². The molecule has 2 unspecified atom stereocenters. The molecule has 3 aromatic rings. The Morgan fingerprint density at radius 3 is 2.38 bits per heavy atom. The second kappa shape index (κ2) is 10.7. The lowest BCUT2D eigenvalue weighted by Crippen LogP contribution is -2.44. The zero-order chi connectivity index (χ0) is 24.2. The highest BCUT2D eigenvalue weighted by Crippen LogP contribution is 2.43. The van der Waals surface area contributed by atoms with Crippen LogP contribution in [0.25, 0.3) is 0 Å². The quantitative estimate of drug-likeness (QED) is 0.428. The molecule has 4 rings (SSSR count). The molecule has 0 fully saturated rings. The first-order chi connectivity index (χ1) is 16.4. The summed E-state index contributed by atoms with van der Waals surface area (Å²) in [5.74, 6) is 1.00. The van der Waals surface area contributed by atoms with Gasteiger partial charge < -0.3 is 15.2 Å². The van der Waals surface area contributed by atoms with Gasteiger partial charge in [0.25, 0.3) is 0 Å². The third-order valence-electron chi connectivity index (χ3n) is 6.45. The molecule has 1 aliphatic heterocycles. The number of hydrogen-bond donors (Lipinski definition) is 1. The second-order valence-corrected chi connectivity index (χ2v) is 9.23. The monoisotopic (exact) mass is 498 g/mol. The number of rotatable bonds is 8. The molecule has 0 bridgehead atoms. The van der Waals surface area contributed by atoms with Gasteiger partial charge in [0.2, 0.25) is 5.91 Å². The first-order valence-electron chi connectivity index (χ1n) is 11.2. The van der Waals surface area contributed by atoms with Crippen molar-refractivity contribution in [3.05, 3.63) is 93.0 Å². The lowest BCUT2D eigenvalue weighted by molar-refractivity contribution is -0.124. The van der Waals surface area contributed by atoms with E-state index in [1.807, 2.05) is 60.7 Å². The van der Waals surface area contributed by atoms with Gasteiger partial charge >= 0.3 is 0 Å². The van der Waals surface area contributed by atoms with Crippen LogP contribution in [0.3, 0.4) is 0 Å². The molecule has 34 heavy (non-hydrogen) atoms. The van der Waals surface area contributed by atoms with E-state index >= 15 is 0 Å². The maximum absolute atomic E-state index is 12.7. The van der Waals surface area contributed by atoms with Crippen molar-refractivity contribution in [3.8, 4) is 11.5 Å². The molecule has 0 spiro atoms. The van der Waals surface area contributed by atoms with Crippen LogP contribution in [0.5, 0.6) is 11.5 Å². The van der Waals surface area contributed by atoms with E-state index in [4.69, 9.17) is 38.4 Å². The van der Waals surface area contributed by atoms with Crippen LogP contribution in [0.4, 0.5) is 0 Å². The first-order valence-corrected chi connectivity index (χ1v) is 12.0. The molecule has 0 aliphatic carbocycles. The molecule has 0 saturated heterocycles. The Hall–Kier alpha value is -2.73. The standard InChI is InChI=1S/C27H28Cl2N2O3/c1-33-24-15-19-12-13-31(26(27(30)32)18-6-4-3-5-7-18)23(20(19)16-25(24)34-2)11-9-17-8-10-21(28)22(29)14-17/h3-8,10,14-16,23,26H,9,11-13H2,1-2H3,(H2,30,32). The smallest absolute Gasteiger partial charge is 0.239 e. The number of amides is 1. The number of fused-ring (bicyclic) bond motifs is 1. The lowest BCUT2D eigenvalue weighted by Gasteiger charge is -2.41. The van der Waals surface area contributed by atoms with Gasteiger partial charge in [-0.2, -0.15) is 0 Å². The molecule has 7 heteroatoms. The normalized spacial score (nSPS) is 16.5. The number of primary amides is 1. The summed E-state index contributed by atoms with van der Waals surface area (Å²) in [5, 5.41) is 1.07. The van der Waals surface area contributed by atoms with Gasteiger partial charge in [-0.1, -0.05) is 59.6 Å². The fourth-order valence-corrected chi connectivity index (χ4v) is 5.15. The number of ether oxygens (including phenoxy) is 2. The number of nitrogens with zero attached hydrogens (tertiary/aromatic N) is 1. The predicted molar refractivity (Wildman–Crippen MR) is 136 cm³/mol. The third kappa shape index (κ3) is 5.02. The van der Waals surface area contributed by atoms with E-state index in [-0.39, 0.29) is 11.9 Å². The Bertz CT molecular complexity index is 1170. The van der Waals surface area contributed by atoms with Gasteiger partial charge in [-0.3, -0.25) is 9.69 Å². The van der Waals surface area contributed by atoms with Gasteiger partial charge in [0.1, 0.15) is 6.04 Å². The first kappa shape index (κ1) is 24.4. The molecule has 2 N–H and O–H groups in total. The number of methoxy groups -OCH3 is 2. The third-order valence-corrected chi connectivity index (χ3v) is 7.19. The van der Waals surface area contributed by atoms with E-state index in [0.29, 0.717) is 28.1 Å². The Balaban J connectivity index is 1.75. The molecule has 2 atom stereocenters. The Morgan fingerprint density at radius 2 is 1.74 bits per heavy atom. The lowest BCUT2D eigenvalue weighted by atomic mass is 9.86. The van der Waals surface area contributed by atoms with Gasteiger partial charge in [-0.15, -0.1) is 0 Å². The minimum absolute atomic E-state index is 0.0595. The molecule has 0 radical (unpaired) electrons. The van der Waals surface area contributed by atoms with Crippen molar-refractivity contribution in [1.29, 1.82) is 0 Å². The van der Waals surface area contributed by atoms with Crippen LogP contribution in [-0.2, 0) is 17.6 Å². The molecule has 1 heterocycles. The van der Waals surface area contributed by atoms with E-state index in [1.54, 1.807) is 14.2 Å². The number of nitrogens with two attached hydrogens (primary N) is 1. The second-order valence-electron chi connectivity index (χ2n) is 8.41. The van der Waals surface area contributed by atoms with Crippen LogP contribution in [0, 0.1) is 0 Å². The van der Waals surface area contributed by atoms with E-state index in [0.717, 1.165) is 36.0 Å². The van der Waals surface area contributed by atoms with Crippen molar-refractivity contribution in [3.63, 3.8) is 0 Å². The van der Waals surface area contributed by atoms with E-state index in [9.17, 15) is 4.79 Å². The van der Waals surface area contributed by atoms with Crippen molar-refractivity contribution >= 4 is 29.1 Å². The predicted octanol–water partition coefficient (Wildman–Crippen LogP) is 5.77. The Labute approximate surface area is 210 Å². The number of carbonyl (C=O) groups is 1. The summed E-state index contributed by atoms with van der Waals surface area (Å²) in [6.07, 6.45) is 2.29. The van der Waals surface area contributed by atoms with Crippen molar-refractivity contribution in [2.75, 3.05) is 20.8 Å². The number of benzene rings is 3.